The number of nitrogens with one attached hydrogen (secondary N) is 1. The van der Waals surface area contributed by atoms with Crippen LogP contribution >= 0.6 is 22.6 Å². The van der Waals surface area contributed by atoms with Gasteiger partial charge in [0.1, 0.15) is 17.6 Å². The third-order valence-electron chi connectivity index (χ3n) is 5.34. The van der Waals surface area contributed by atoms with Crippen LogP contribution in [-0.4, -0.2) is 45.3 Å². The van der Waals surface area contributed by atoms with E-state index in [4.69, 9.17) is 14.0 Å². The molecule has 1 aromatic carbocycles. The maximum atomic E-state index is 11.2. The molecular formula is C22H25IN4O5. The highest BCUT2D eigenvalue weighted by Crippen LogP contribution is 2.29. The van der Waals surface area contributed by atoms with Gasteiger partial charge < -0.3 is 29.0 Å². The van der Waals surface area contributed by atoms with Crippen LogP contribution in [0, 0.1) is 3.57 Å². The van der Waals surface area contributed by atoms with E-state index in [1.165, 1.54) is 0 Å². The van der Waals surface area contributed by atoms with Gasteiger partial charge in [-0.05, 0) is 60.9 Å². The molecule has 1 fully saturated rings. The Labute approximate surface area is 199 Å². The van der Waals surface area contributed by atoms with Crippen molar-refractivity contribution in [1.29, 1.82) is 0 Å². The highest BCUT2D eigenvalue weighted by atomic mass is 127. The van der Waals surface area contributed by atoms with Crippen molar-refractivity contribution in [2.45, 2.75) is 44.6 Å². The molecule has 0 bridgehead atoms. The summed E-state index contributed by atoms with van der Waals surface area (Å²) < 4.78 is 20.4. The molecule has 2 aromatic heterocycles. The van der Waals surface area contributed by atoms with E-state index in [1.54, 1.807) is 12.4 Å². The maximum absolute atomic E-state index is 11.2. The molecule has 0 saturated carbocycles. The van der Waals surface area contributed by atoms with Crippen LogP contribution in [0.1, 0.15) is 49.9 Å². The van der Waals surface area contributed by atoms with Gasteiger partial charge in [0.15, 0.2) is 12.1 Å². The van der Waals surface area contributed by atoms with Crippen molar-refractivity contribution < 1.29 is 23.9 Å². The number of carbonyl (C=O) groups is 1. The monoisotopic (exact) mass is 552 g/mol. The zero-order valence-corrected chi connectivity index (χ0v) is 19.8. The quantitative estimate of drug-likeness (QED) is 0.393. The van der Waals surface area contributed by atoms with Gasteiger partial charge in [0, 0.05) is 40.7 Å². The number of imidazole rings is 1. The van der Waals surface area contributed by atoms with Crippen molar-refractivity contribution in [1.82, 2.24) is 20.0 Å². The number of rotatable bonds is 8. The Morgan fingerprint density at radius 3 is 2.91 bits per heavy atom. The highest BCUT2D eigenvalue weighted by molar-refractivity contribution is 14.1. The Morgan fingerprint density at radius 2 is 2.19 bits per heavy atom. The van der Waals surface area contributed by atoms with Gasteiger partial charge in [0.05, 0.1) is 6.04 Å². The molecule has 0 radical (unpaired) electrons. The second-order valence-corrected chi connectivity index (χ2v) is 8.84. The van der Waals surface area contributed by atoms with Crippen molar-refractivity contribution >= 4 is 28.7 Å². The Morgan fingerprint density at radius 1 is 1.38 bits per heavy atom. The molecule has 0 aliphatic carbocycles. The number of carboxylic acid groups (broad SMARTS) is 1. The van der Waals surface area contributed by atoms with Crippen molar-refractivity contribution in [2.75, 3.05) is 13.2 Å². The summed E-state index contributed by atoms with van der Waals surface area (Å²) in [5, 5.41) is 15.9. The standard InChI is InChI=1S/C22H25IN4O5/c1-14(31-20-4-2-3-11-30-20)21-24-9-10-27(21)18(13-25-22(28)29)17-12-19(32-26-17)15-5-7-16(23)8-6-15/h5-10,12,14,18,20,25H,2-4,11,13H2,1H3,(H,28,29). The average molecular weight is 552 g/mol. The Bertz CT molecular complexity index is 1030. The van der Waals surface area contributed by atoms with E-state index in [9.17, 15) is 9.90 Å². The Balaban J connectivity index is 1.59. The lowest BCUT2D eigenvalue weighted by molar-refractivity contribution is -0.188. The van der Waals surface area contributed by atoms with Gasteiger partial charge in [-0.1, -0.05) is 17.3 Å². The highest BCUT2D eigenvalue weighted by Gasteiger charge is 2.26. The van der Waals surface area contributed by atoms with Crippen LogP contribution in [0.5, 0.6) is 0 Å². The van der Waals surface area contributed by atoms with Crippen LogP contribution < -0.4 is 5.32 Å². The molecular weight excluding hydrogens is 527 g/mol. The van der Waals surface area contributed by atoms with Gasteiger partial charge in [-0.15, -0.1) is 0 Å². The van der Waals surface area contributed by atoms with Gasteiger partial charge in [0.25, 0.3) is 0 Å². The maximum Gasteiger partial charge on any atom is 0.404 e. The molecule has 0 spiro atoms. The van der Waals surface area contributed by atoms with Crippen molar-refractivity contribution in [3.8, 4) is 11.3 Å². The van der Waals surface area contributed by atoms with Crippen LogP contribution in [0.3, 0.4) is 0 Å². The SMILES string of the molecule is CC(OC1CCCCO1)c1nccn1C(CNC(=O)O)c1cc(-c2ccc(I)cc2)on1. The van der Waals surface area contributed by atoms with E-state index in [0.717, 1.165) is 28.4 Å². The first-order valence-corrected chi connectivity index (χ1v) is 11.6. The Kier molecular flexibility index (Phi) is 7.43. The van der Waals surface area contributed by atoms with Crippen LogP contribution in [-0.2, 0) is 9.47 Å². The van der Waals surface area contributed by atoms with Gasteiger partial charge in [-0.25, -0.2) is 9.78 Å². The number of aromatic nitrogens is 3. The number of halogens is 1. The minimum atomic E-state index is -1.11. The van der Waals surface area contributed by atoms with Crippen molar-refractivity contribution in [3.63, 3.8) is 0 Å². The molecule has 2 N–H and O–H groups in total. The number of amides is 1. The first-order valence-electron chi connectivity index (χ1n) is 10.5. The van der Waals surface area contributed by atoms with E-state index in [-0.39, 0.29) is 18.9 Å². The van der Waals surface area contributed by atoms with Gasteiger partial charge in [-0.2, -0.15) is 0 Å². The van der Waals surface area contributed by atoms with Crippen LogP contribution in [0.15, 0.2) is 47.2 Å². The zero-order valence-electron chi connectivity index (χ0n) is 17.6. The van der Waals surface area contributed by atoms with E-state index in [0.29, 0.717) is 23.9 Å². The smallest absolute Gasteiger partial charge is 0.404 e. The van der Waals surface area contributed by atoms with E-state index in [1.807, 2.05) is 41.8 Å². The molecule has 9 nitrogen and oxygen atoms in total. The second-order valence-electron chi connectivity index (χ2n) is 7.59. The number of hydrogen-bond acceptors (Lipinski definition) is 6. The van der Waals surface area contributed by atoms with Crippen molar-refractivity contribution in [3.05, 3.63) is 57.8 Å². The van der Waals surface area contributed by atoms with E-state index in [2.05, 4.69) is 38.0 Å². The fraction of sp³-hybridized carbons (Fsp3) is 0.409. The van der Waals surface area contributed by atoms with Crippen LogP contribution in [0.4, 0.5) is 4.79 Å². The summed E-state index contributed by atoms with van der Waals surface area (Å²) in [7, 11) is 0. The summed E-state index contributed by atoms with van der Waals surface area (Å²) in [6.45, 7) is 2.71. The lowest BCUT2D eigenvalue weighted by Crippen LogP contribution is -2.31. The number of hydrogen-bond donors (Lipinski definition) is 2. The molecule has 3 atom stereocenters. The average Bonchev–Trinajstić information content (AvgIpc) is 3.46. The molecule has 4 rings (SSSR count). The molecule has 1 aliphatic rings. The van der Waals surface area contributed by atoms with E-state index < -0.39 is 12.1 Å². The fourth-order valence-electron chi connectivity index (χ4n) is 3.74. The second kappa shape index (κ2) is 10.5. The number of ether oxygens (including phenoxy) is 2. The molecule has 1 saturated heterocycles. The largest absolute Gasteiger partial charge is 0.465 e. The van der Waals surface area contributed by atoms with E-state index >= 15 is 0 Å². The van der Waals surface area contributed by atoms with Crippen LogP contribution in [0.2, 0.25) is 0 Å². The topological polar surface area (TPSA) is 112 Å². The molecule has 10 heteroatoms. The molecule has 1 amide bonds. The zero-order chi connectivity index (χ0) is 22.5. The number of benzene rings is 1. The molecule has 3 unspecified atom stereocenters. The summed E-state index contributed by atoms with van der Waals surface area (Å²) >= 11 is 2.24. The summed E-state index contributed by atoms with van der Waals surface area (Å²) in [5.41, 5.74) is 1.48. The summed E-state index contributed by atoms with van der Waals surface area (Å²) in [5.74, 6) is 1.27. The van der Waals surface area contributed by atoms with Gasteiger partial charge in [-0.3, -0.25) is 0 Å². The molecule has 170 valence electrons. The fourth-order valence-corrected chi connectivity index (χ4v) is 4.10. The normalized spacial score (nSPS) is 18.2. The predicted octanol–water partition coefficient (Wildman–Crippen LogP) is 4.60. The third-order valence-corrected chi connectivity index (χ3v) is 6.06. The first-order chi connectivity index (χ1) is 15.5. The summed E-state index contributed by atoms with van der Waals surface area (Å²) in [4.78, 5) is 15.7. The molecule has 32 heavy (non-hydrogen) atoms. The summed E-state index contributed by atoms with van der Waals surface area (Å²) in [6.07, 6.45) is 4.70. The van der Waals surface area contributed by atoms with Gasteiger partial charge in [0.2, 0.25) is 0 Å². The molecule has 1 aliphatic heterocycles. The van der Waals surface area contributed by atoms with Gasteiger partial charge >= 0.3 is 6.09 Å². The summed E-state index contributed by atoms with van der Waals surface area (Å²) in [6, 6.07) is 9.27. The lowest BCUT2D eigenvalue weighted by atomic mass is 10.1. The predicted molar refractivity (Wildman–Crippen MR) is 124 cm³/mol. The molecule has 3 aromatic rings. The molecule has 3 heterocycles. The lowest BCUT2D eigenvalue weighted by Gasteiger charge is -2.27. The minimum absolute atomic E-state index is 0.101. The third kappa shape index (κ3) is 5.48. The van der Waals surface area contributed by atoms with Crippen molar-refractivity contribution in [2.24, 2.45) is 0 Å². The number of nitrogens with zero attached hydrogens (tertiary/aromatic N) is 3. The minimum Gasteiger partial charge on any atom is -0.465 e. The van der Waals surface area contributed by atoms with Crippen LogP contribution in [0.25, 0.3) is 11.3 Å². The Hall–Kier alpha value is -2.44. The first kappa shape index (κ1) is 22.7.